The summed E-state index contributed by atoms with van der Waals surface area (Å²) >= 11 is 0. The lowest BCUT2D eigenvalue weighted by Gasteiger charge is -2.14. The van der Waals surface area contributed by atoms with E-state index in [2.05, 4.69) is 11.1 Å². The fraction of sp³-hybridized carbons (Fsp3) is 0.0769. The zero-order chi connectivity index (χ0) is 12.1. The lowest BCUT2D eigenvalue weighted by Crippen LogP contribution is -2.12. The van der Waals surface area contributed by atoms with Gasteiger partial charge in [-0.15, -0.1) is 0 Å². The van der Waals surface area contributed by atoms with E-state index in [4.69, 9.17) is 16.0 Å². The van der Waals surface area contributed by atoms with Crippen molar-refractivity contribution in [1.29, 1.82) is 5.26 Å². The molecule has 2 rings (SSSR count). The molecule has 1 atom stereocenters. The molecule has 0 saturated carbocycles. The number of pyridine rings is 1. The second-order valence-corrected chi connectivity index (χ2v) is 3.51. The molecule has 0 bridgehead atoms. The van der Waals surface area contributed by atoms with Crippen LogP contribution in [0.5, 0.6) is 0 Å². The number of nitrogens with two attached hydrogens (primary N) is 1. The third kappa shape index (κ3) is 2.48. The van der Waals surface area contributed by atoms with Crippen LogP contribution in [0.25, 0.3) is 0 Å². The maximum absolute atomic E-state index is 8.85. The molecule has 1 aromatic carbocycles. The smallest absolute Gasteiger partial charge is 0.146 e. The Hall–Kier alpha value is -2.22. The summed E-state index contributed by atoms with van der Waals surface area (Å²) in [6.07, 6.45) is 1.22. The van der Waals surface area contributed by atoms with E-state index in [1.165, 1.54) is 0 Å². The third-order valence-electron chi connectivity index (χ3n) is 2.41. The first-order valence-electron chi connectivity index (χ1n) is 5.11. The first kappa shape index (κ1) is 11.3. The van der Waals surface area contributed by atoms with Gasteiger partial charge in [-0.25, -0.2) is 5.90 Å². The molecular formula is C13H11N3O. The van der Waals surface area contributed by atoms with Gasteiger partial charge in [0, 0.05) is 6.20 Å². The molecule has 0 spiro atoms. The fourth-order valence-electron chi connectivity index (χ4n) is 1.62. The van der Waals surface area contributed by atoms with Crippen LogP contribution in [0, 0.1) is 11.3 Å². The van der Waals surface area contributed by atoms with Gasteiger partial charge in [0.1, 0.15) is 6.10 Å². The van der Waals surface area contributed by atoms with Crippen molar-refractivity contribution in [3.8, 4) is 6.07 Å². The molecule has 0 fully saturated rings. The maximum Gasteiger partial charge on any atom is 0.146 e. The van der Waals surface area contributed by atoms with Gasteiger partial charge in [-0.05, 0) is 29.8 Å². The lowest BCUT2D eigenvalue weighted by molar-refractivity contribution is 0.0784. The molecule has 0 saturated heterocycles. The van der Waals surface area contributed by atoms with Crippen LogP contribution in [0.1, 0.15) is 22.9 Å². The molecule has 0 radical (unpaired) electrons. The van der Waals surface area contributed by atoms with Gasteiger partial charge in [-0.3, -0.25) is 9.82 Å². The minimum atomic E-state index is -0.454. The molecule has 0 aliphatic rings. The molecule has 1 unspecified atom stereocenters. The molecule has 4 nitrogen and oxygen atoms in total. The summed E-state index contributed by atoms with van der Waals surface area (Å²) in [4.78, 5) is 9.14. The Bertz CT molecular complexity index is 534. The van der Waals surface area contributed by atoms with Gasteiger partial charge in [-0.2, -0.15) is 5.26 Å². The van der Waals surface area contributed by atoms with Crippen molar-refractivity contribution in [3.05, 3.63) is 65.5 Å². The predicted molar refractivity (Wildman–Crippen MR) is 62.5 cm³/mol. The van der Waals surface area contributed by atoms with Crippen molar-refractivity contribution in [2.45, 2.75) is 6.10 Å². The standard InChI is InChI=1S/C13H11N3O/c14-9-10-4-3-5-11(8-10)13(17-15)12-6-1-2-7-16-12/h1-8,13H,15H2. The quantitative estimate of drug-likeness (QED) is 0.810. The lowest BCUT2D eigenvalue weighted by atomic mass is 10.0. The largest absolute Gasteiger partial charge is 0.290 e. The molecule has 1 aromatic heterocycles. The Morgan fingerprint density at radius 2 is 2.12 bits per heavy atom. The summed E-state index contributed by atoms with van der Waals surface area (Å²) in [5, 5.41) is 8.85. The summed E-state index contributed by atoms with van der Waals surface area (Å²) in [7, 11) is 0. The number of aromatic nitrogens is 1. The van der Waals surface area contributed by atoms with Crippen molar-refractivity contribution in [1.82, 2.24) is 4.98 Å². The molecule has 1 heterocycles. The average molecular weight is 225 g/mol. The highest BCUT2D eigenvalue weighted by Crippen LogP contribution is 2.23. The van der Waals surface area contributed by atoms with Gasteiger partial charge in [0.15, 0.2) is 0 Å². The number of hydrogen-bond acceptors (Lipinski definition) is 4. The minimum Gasteiger partial charge on any atom is -0.290 e. The summed E-state index contributed by atoms with van der Waals surface area (Å²) in [5.41, 5.74) is 2.09. The van der Waals surface area contributed by atoms with Crippen LogP contribution in [0.15, 0.2) is 48.7 Å². The van der Waals surface area contributed by atoms with Crippen LogP contribution >= 0.6 is 0 Å². The normalized spacial score (nSPS) is 11.8. The summed E-state index contributed by atoms with van der Waals surface area (Å²) in [6.45, 7) is 0. The molecular weight excluding hydrogens is 214 g/mol. The Balaban J connectivity index is 2.39. The minimum absolute atomic E-state index is 0.454. The Labute approximate surface area is 99.2 Å². The Kier molecular flexibility index (Phi) is 3.46. The van der Waals surface area contributed by atoms with Gasteiger partial charge >= 0.3 is 0 Å². The maximum atomic E-state index is 8.85. The molecule has 4 heteroatoms. The highest BCUT2D eigenvalue weighted by atomic mass is 16.6. The van der Waals surface area contributed by atoms with Gasteiger partial charge in [-0.1, -0.05) is 18.2 Å². The van der Waals surface area contributed by atoms with E-state index in [9.17, 15) is 0 Å². The topological polar surface area (TPSA) is 71.9 Å². The van der Waals surface area contributed by atoms with E-state index < -0.39 is 6.10 Å². The van der Waals surface area contributed by atoms with Crippen LogP contribution in [-0.2, 0) is 4.84 Å². The van der Waals surface area contributed by atoms with E-state index in [0.717, 1.165) is 5.56 Å². The number of rotatable bonds is 3. The summed E-state index contributed by atoms with van der Waals surface area (Å²) in [6, 6.07) is 14.7. The van der Waals surface area contributed by atoms with E-state index in [0.29, 0.717) is 11.3 Å². The monoisotopic (exact) mass is 225 g/mol. The van der Waals surface area contributed by atoms with Crippen molar-refractivity contribution in [2.75, 3.05) is 0 Å². The van der Waals surface area contributed by atoms with Gasteiger partial charge in [0.25, 0.3) is 0 Å². The molecule has 2 aromatic rings. The Morgan fingerprint density at radius 3 is 2.76 bits per heavy atom. The predicted octanol–water partition coefficient (Wildman–Crippen LogP) is 1.93. The van der Waals surface area contributed by atoms with Gasteiger partial charge < -0.3 is 0 Å². The van der Waals surface area contributed by atoms with Gasteiger partial charge in [0.2, 0.25) is 0 Å². The van der Waals surface area contributed by atoms with Crippen molar-refractivity contribution >= 4 is 0 Å². The summed E-state index contributed by atoms with van der Waals surface area (Å²) in [5.74, 6) is 5.31. The van der Waals surface area contributed by atoms with E-state index in [1.54, 1.807) is 24.4 Å². The molecule has 17 heavy (non-hydrogen) atoms. The zero-order valence-corrected chi connectivity index (χ0v) is 9.08. The van der Waals surface area contributed by atoms with Crippen LogP contribution in [0.4, 0.5) is 0 Å². The number of nitriles is 1. The highest BCUT2D eigenvalue weighted by molar-refractivity contribution is 5.36. The SMILES string of the molecule is N#Cc1cccc(C(ON)c2ccccn2)c1. The van der Waals surface area contributed by atoms with Crippen LogP contribution in [0.3, 0.4) is 0 Å². The van der Waals surface area contributed by atoms with Crippen molar-refractivity contribution in [3.63, 3.8) is 0 Å². The van der Waals surface area contributed by atoms with E-state index in [1.807, 2.05) is 24.3 Å². The number of nitrogens with zero attached hydrogens (tertiary/aromatic N) is 2. The number of hydrogen-bond donors (Lipinski definition) is 1. The van der Waals surface area contributed by atoms with E-state index >= 15 is 0 Å². The Morgan fingerprint density at radius 1 is 1.24 bits per heavy atom. The van der Waals surface area contributed by atoms with Gasteiger partial charge in [0.05, 0.1) is 17.3 Å². The third-order valence-corrected chi connectivity index (χ3v) is 2.41. The first-order valence-corrected chi connectivity index (χ1v) is 5.11. The second kappa shape index (κ2) is 5.21. The first-order chi connectivity index (χ1) is 8.35. The number of benzene rings is 1. The molecule has 2 N–H and O–H groups in total. The molecule has 0 aliphatic heterocycles. The fourth-order valence-corrected chi connectivity index (χ4v) is 1.62. The van der Waals surface area contributed by atoms with E-state index in [-0.39, 0.29) is 0 Å². The molecule has 0 amide bonds. The van der Waals surface area contributed by atoms with Crippen molar-refractivity contribution in [2.24, 2.45) is 5.90 Å². The zero-order valence-electron chi connectivity index (χ0n) is 9.08. The summed E-state index contributed by atoms with van der Waals surface area (Å²) < 4.78 is 0. The average Bonchev–Trinajstić information content (AvgIpc) is 2.41. The molecule has 0 aliphatic carbocycles. The van der Waals surface area contributed by atoms with Crippen LogP contribution in [-0.4, -0.2) is 4.98 Å². The van der Waals surface area contributed by atoms with Crippen LogP contribution in [0.2, 0.25) is 0 Å². The molecule has 84 valence electrons. The van der Waals surface area contributed by atoms with Crippen molar-refractivity contribution < 1.29 is 4.84 Å². The second-order valence-electron chi connectivity index (χ2n) is 3.51. The highest BCUT2D eigenvalue weighted by Gasteiger charge is 2.15. The van der Waals surface area contributed by atoms with Crippen LogP contribution < -0.4 is 5.90 Å².